The van der Waals surface area contributed by atoms with E-state index in [1.807, 2.05) is 11.6 Å². The number of benzene rings is 1. The summed E-state index contributed by atoms with van der Waals surface area (Å²) >= 11 is 1.50. The maximum absolute atomic E-state index is 13.3. The van der Waals surface area contributed by atoms with Gasteiger partial charge in [0.1, 0.15) is 0 Å². The van der Waals surface area contributed by atoms with Crippen molar-refractivity contribution in [1.29, 1.82) is 0 Å². The van der Waals surface area contributed by atoms with Crippen LogP contribution >= 0.6 is 11.8 Å². The number of para-hydroxylation sites is 1. The van der Waals surface area contributed by atoms with Gasteiger partial charge in [0, 0.05) is 12.8 Å². The highest BCUT2D eigenvalue weighted by Crippen LogP contribution is 2.19. The lowest BCUT2D eigenvalue weighted by atomic mass is 10.3. The molecule has 0 radical (unpaired) electrons. The highest BCUT2D eigenvalue weighted by Gasteiger charge is 2.06. The summed E-state index contributed by atoms with van der Waals surface area (Å²) in [7, 11) is 1.85. The summed E-state index contributed by atoms with van der Waals surface area (Å²) in [5.74, 6) is 0.565. The van der Waals surface area contributed by atoms with Crippen LogP contribution in [0.15, 0.2) is 35.6 Å². The molecule has 102 valence electrons. The summed E-state index contributed by atoms with van der Waals surface area (Å²) in [4.78, 5) is 4.18. The standard InChI is InChI=1S/C13H15FN2O2S/c1-16-10(9-17)8-15-13(16)19-7-6-18-12-5-3-2-4-11(12)14/h2-5,8,17H,6-7,9H2,1H3. The van der Waals surface area contributed by atoms with Crippen LogP contribution in [-0.2, 0) is 13.7 Å². The molecule has 0 aliphatic carbocycles. The number of ether oxygens (including phenoxy) is 1. The maximum atomic E-state index is 13.3. The molecule has 1 N–H and O–H groups in total. The second kappa shape index (κ2) is 6.58. The van der Waals surface area contributed by atoms with Gasteiger partial charge < -0.3 is 14.4 Å². The number of aliphatic hydroxyl groups excluding tert-OH is 1. The van der Waals surface area contributed by atoms with Gasteiger partial charge in [-0.05, 0) is 12.1 Å². The molecule has 0 saturated heterocycles. The zero-order valence-corrected chi connectivity index (χ0v) is 11.4. The van der Waals surface area contributed by atoms with Crippen molar-refractivity contribution in [3.63, 3.8) is 0 Å². The largest absolute Gasteiger partial charge is 0.490 e. The van der Waals surface area contributed by atoms with Crippen LogP contribution in [0, 0.1) is 5.82 Å². The molecule has 1 aromatic heterocycles. The number of hydrogen-bond acceptors (Lipinski definition) is 4. The number of nitrogens with zero attached hydrogens (tertiary/aromatic N) is 2. The third kappa shape index (κ3) is 3.48. The van der Waals surface area contributed by atoms with Gasteiger partial charge in [-0.15, -0.1) is 0 Å². The van der Waals surface area contributed by atoms with Crippen LogP contribution in [0.5, 0.6) is 5.75 Å². The Labute approximate surface area is 115 Å². The lowest BCUT2D eigenvalue weighted by Crippen LogP contribution is -2.03. The summed E-state index contributed by atoms with van der Waals surface area (Å²) in [5.41, 5.74) is 0.762. The fraction of sp³-hybridized carbons (Fsp3) is 0.308. The Morgan fingerprint density at radius 2 is 2.21 bits per heavy atom. The number of rotatable bonds is 6. The minimum absolute atomic E-state index is 0.0320. The van der Waals surface area contributed by atoms with E-state index < -0.39 is 0 Å². The maximum Gasteiger partial charge on any atom is 0.168 e. The molecule has 0 unspecified atom stereocenters. The van der Waals surface area contributed by atoms with Gasteiger partial charge in [-0.3, -0.25) is 0 Å². The fourth-order valence-corrected chi connectivity index (χ4v) is 2.34. The van der Waals surface area contributed by atoms with E-state index in [4.69, 9.17) is 9.84 Å². The summed E-state index contributed by atoms with van der Waals surface area (Å²) in [6.07, 6.45) is 1.64. The minimum Gasteiger partial charge on any atom is -0.490 e. The van der Waals surface area contributed by atoms with Gasteiger partial charge in [0.15, 0.2) is 16.7 Å². The fourth-order valence-electron chi connectivity index (χ4n) is 1.55. The topological polar surface area (TPSA) is 47.3 Å². The molecular weight excluding hydrogens is 267 g/mol. The Kier molecular flexibility index (Phi) is 4.81. The first kappa shape index (κ1) is 13.9. The summed E-state index contributed by atoms with van der Waals surface area (Å²) in [5, 5.41) is 9.85. The Hall–Kier alpha value is -1.53. The predicted molar refractivity (Wildman–Crippen MR) is 71.7 cm³/mol. The van der Waals surface area contributed by atoms with E-state index in [0.29, 0.717) is 12.4 Å². The van der Waals surface area contributed by atoms with Gasteiger partial charge in [-0.25, -0.2) is 9.37 Å². The zero-order chi connectivity index (χ0) is 13.7. The lowest BCUT2D eigenvalue weighted by Gasteiger charge is -2.07. The molecule has 0 aliphatic rings. The van der Waals surface area contributed by atoms with Crippen molar-refractivity contribution in [1.82, 2.24) is 9.55 Å². The van der Waals surface area contributed by atoms with Crippen LogP contribution in [0.25, 0.3) is 0 Å². The van der Waals surface area contributed by atoms with Gasteiger partial charge >= 0.3 is 0 Å². The lowest BCUT2D eigenvalue weighted by molar-refractivity contribution is 0.271. The second-order valence-corrected chi connectivity index (χ2v) is 4.94. The highest BCUT2D eigenvalue weighted by atomic mass is 32.2. The van der Waals surface area contributed by atoms with Crippen LogP contribution in [0.2, 0.25) is 0 Å². The smallest absolute Gasteiger partial charge is 0.168 e. The van der Waals surface area contributed by atoms with Crippen molar-refractivity contribution >= 4 is 11.8 Å². The van der Waals surface area contributed by atoms with Crippen LogP contribution in [-0.4, -0.2) is 27.0 Å². The number of thioether (sulfide) groups is 1. The number of aliphatic hydroxyl groups is 1. The quantitative estimate of drug-likeness (QED) is 0.652. The van der Waals surface area contributed by atoms with E-state index in [1.54, 1.807) is 24.4 Å². The van der Waals surface area contributed by atoms with Gasteiger partial charge in [-0.1, -0.05) is 23.9 Å². The first-order valence-electron chi connectivity index (χ1n) is 5.84. The molecule has 2 rings (SSSR count). The van der Waals surface area contributed by atoms with Crippen LogP contribution in [0.3, 0.4) is 0 Å². The number of hydrogen-bond donors (Lipinski definition) is 1. The molecule has 1 aromatic carbocycles. The number of halogens is 1. The SMILES string of the molecule is Cn1c(CO)cnc1SCCOc1ccccc1F. The number of imidazole rings is 1. The third-order valence-corrected chi connectivity index (χ3v) is 3.62. The average Bonchev–Trinajstić information content (AvgIpc) is 2.77. The molecule has 0 bridgehead atoms. The summed E-state index contributed by atoms with van der Waals surface area (Å²) < 4.78 is 20.5. The van der Waals surface area contributed by atoms with Gasteiger partial charge in [0.2, 0.25) is 0 Å². The van der Waals surface area contributed by atoms with Crippen LogP contribution in [0.1, 0.15) is 5.69 Å². The molecule has 2 aromatic rings. The first-order chi connectivity index (χ1) is 9.22. The van der Waals surface area contributed by atoms with Gasteiger partial charge in [0.25, 0.3) is 0 Å². The Balaban J connectivity index is 1.81. The first-order valence-corrected chi connectivity index (χ1v) is 6.82. The molecule has 6 heteroatoms. The third-order valence-electron chi connectivity index (χ3n) is 2.61. The Morgan fingerprint density at radius 3 is 2.89 bits per heavy atom. The van der Waals surface area contributed by atoms with E-state index in [9.17, 15) is 4.39 Å². The molecule has 0 aliphatic heterocycles. The Morgan fingerprint density at radius 1 is 1.42 bits per heavy atom. The van der Waals surface area contributed by atoms with E-state index >= 15 is 0 Å². The second-order valence-electron chi connectivity index (χ2n) is 3.88. The van der Waals surface area contributed by atoms with Gasteiger partial charge in [0.05, 0.1) is 25.1 Å². The molecule has 0 amide bonds. The molecule has 4 nitrogen and oxygen atoms in total. The van der Waals surface area contributed by atoms with Crippen LogP contribution < -0.4 is 4.74 Å². The monoisotopic (exact) mass is 282 g/mol. The van der Waals surface area contributed by atoms with Crippen molar-refractivity contribution in [2.45, 2.75) is 11.8 Å². The van der Waals surface area contributed by atoms with Crippen molar-refractivity contribution in [2.24, 2.45) is 7.05 Å². The van der Waals surface area contributed by atoms with E-state index in [-0.39, 0.29) is 18.2 Å². The summed E-state index contributed by atoms with van der Waals surface area (Å²) in [6.45, 7) is 0.364. The predicted octanol–water partition coefficient (Wildman–Crippen LogP) is 2.22. The van der Waals surface area contributed by atoms with E-state index in [0.717, 1.165) is 10.9 Å². The summed E-state index contributed by atoms with van der Waals surface area (Å²) in [6, 6.07) is 6.33. The normalized spacial score (nSPS) is 10.7. The molecule has 0 atom stereocenters. The molecule has 0 fully saturated rings. The molecule has 1 heterocycles. The van der Waals surface area contributed by atoms with Crippen molar-refractivity contribution in [2.75, 3.05) is 12.4 Å². The van der Waals surface area contributed by atoms with Crippen LogP contribution in [0.4, 0.5) is 4.39 Å². The van der Waals surface area contributed by atoms with Gasteiger partial charge in [-0.2, -0.15) is 0 Å². The minimum atomic E-state index is -0.355. The van der Waals surface area contributed by atoms with E-state index in [2.05, 4.69) is 4.98 Å². The molecule has 0 spiro atoms. The molecule has 0 saturated carbocycles. The average molecular weight is 282 g/mol. The zero-order valence-electron chi connectivity index (χ0n) is 10.5. The van der Waals surface area contributed by atoms with E-state index in [1.165, 1.54) is 17.8 Å². The molecular formula is C13H15FN2O2S. The highest BCUT2D eigenvalue weighted by molar-refractivity contribution is 7.99. The van der Waals surface area contributed by atoms with Crippen molar-refractivity contribution < 1.29 is 14.2 Å². The number of aromatic nitrogens is 2. The van der Waals surface area contributed by atoms with Crippen molar-refractivity contribution in [3.8, 4) is 5.75 Å². The van der Waals surface area contributed by atoms with Crippen molar-refractivity contribution in [3.05, 3.63) is 42.0 Å². The Bertz CT molecular complexity index is 545. The molecule has 19 heavy (non-hydrogen) atoms.